The molecule has 21 heavy (non-hydrogen) atoms. The Balaban J connectivity index is 2.65. The van der Waals surface area contributed by atoms with E-state index in [0.29, 0.717) is 10.2 Å². The maximum absolute atomic E-state index is 11.8. The fourth-order valence-corrected chi connectivity index (χ4v) is 2.60. The lowest BCUT2D eigenvalue weighted by Crippen LogP contribution is -2.43. The van der Waals surface area contributed by atoms with Crippen LogP contribution in [0.3, 0.4) is 0 Å². The first-order valence-corrected chi connectivity index (χ1v) is 7.42. The van der Waals surface area contributed by atoms with E-state index in [9.17, 15) is 14.4 Å². The van der Waals surface area contributed by atoms with Crippen LogP contribution in [0.4, 0.5) is 10.5 Å². The van der Waals surface area contributed by atoms with Crippen molar-refractivity contribution >= 4 is 55.5 Å². The number of amides is 3. The van der Waals surface area contributed by atoms with E-state index in [1.807, 2.05) is 0 Å². The van der Waals surface area contributed by atoms with Crippen molar-refractivity contribution in [3.8, 4) is 0 Å². The number of anilines is 1. The van der Waals surface area contributed by atoms with Crippen LogP contribution in [0.1, 0.15) is 12.8 Å². The van der Waals surface area contributed by atoms with Gasteiger partial charge < -0.3 is 21.5 Å². The molecule has 1 atom stereocenters. The number of primary amides is 1. The molecule has 5 N–H and O–H groups in total. The van der Waals surface area contributed by atoms with Crippen molar-refractivity contribution in [2.75, 3.05) is 5.32 Å². The lowest BCUT2D eigenvalue weighted by molar-refractivity contribution is -0.139. The van der Waals surface area contributed by atoms with E-state index < -0.39 is 23.9 Å². The summed E-state index contributed by atoms with van der Waals surface area (Å²) in [5.41, 5.74) is 5.44. The van der Waals surface area contributed by atoms with Gasteiger partial charge in [-0.1, -0.05) is 15.9 Å². The summed E-state index contributed by atoms with van der Waals surface area (Å²) in [5, 5.41) is 13.8. The Morgan fingerprint density at radius 3 is 2.48 bits per heavy atom. The molecule has 0 fully saturated rings. The van der Waals surface area contributed by atoms with Gasteiger partial charge in [0.05, 0.1) is 5.69 Å². The average Bonchev–Trinajstić information content (AvgIpc) is 2.37. The van der Waals surface area contributed by atoms with Gasteiger partial charge in [-0.3, -0.25) is 4.79 Å². The summed E-state index contributed by atoms with van der Waals surface area (Å²) in [6, 6.07) is 3.23. The van der Waals surface area contributed by atoms with E-state index in [0.717, 1.165) is 4.47 Å². The van der Waals surface area contributed by atoms with Crippen LogP contribution in [0.25, 0.3) is 0 Å². The third-order valence-corrected chi connectivity index (χ3v) is 3.61. The molecule has 0 saturated carbocycles. The van der Waals surface area contributed by atoms with Gasteiger partial charge >= 0.3 is 12.0 Å². The van der Waals surface area contributed by atoms with Gasteiger partial charge in [-0.15, -0.1) is 0 Å². The normalized spacial score (nSPS) is 11.5. The highest BCUT2D eigenvalue weighted by Gasteiger charge is 2.20. The number of carboxylic acids is 1. The summed E-state index contributed by atoms with van der Waals surface area (Å²) >= 11 is 6.55. The average molecular weight is 423 g/mol. The number of carboxylic acid groups (broad SMARTS) is 1. The number of nitrogens with one attached hydrogen (secondary N) is 2. The Labute approximate surface area is 137 Å². The Bertz CT molecular complexity index is 565. The molecule has 3 amide bonds. The van der Waals surface area contributed by atoms with Crippen molar-refractivity contribution in [3.05, 3.63) is 27.1 Å². The number of hydrogen-bond donors (Lipinski definition) is 4. The molecule has 1 unspecified atom stereocenters. The molecule has 0 heterocycles. The Morgan fingerprint density at radius 1 is 1.29 bits per heavy atom. The zero-order valence-electron chi connectivity index (χ0n) is 10.7. The fraction of sp³-hybridized carbons (Fsp3) is 0.250. The number of carbonyl (C=O) groups is 3. The highest BCUT2D eigenvalue weighted by atomic mass is 79.9. The number of rotatable bonds is 6. The predicted molar refractivity (Wildman–Crippen MR) is 83.8 cm³/mol. The van der Waals surface area contributed by atoms with Crippen LogP contribution in [-0.2, 0) is 9.59 Å². The van der Waals surface area contributed by atoms with Crippen LogP contribution in [0.2, 0.25) is 0 Å². The van der Waals surface area contributed by atoms with E-state index in [-0.39, 0.29) is 12.8 Å². The van der Waals surface area contributed by atoms with E-state index in [1.165, 1.54) is 0 Å². The van der Waals surface area contributed by atoms with E-state index in [4.69, 9.17) is 10.8 Å². The van der Waals surface area contributed by atoms with Crippen LogP contribution >= 0.6 is 31.9 Å². The summed E-state index contributed by atoms with van der Waals surface area (Å²) in [6.45, 7) is 0. The second kappa shape index (κ2) is 7.99. The SMILES string of the molecule is NC(=O)CCC(NC(=O)Nc1ccc(Br)cc1Br)C(=O)O. The molecule has 1 aromatic carbocycles. The number of hydrogen-bond acceptors (Lipinski definition) is 3. The molecule has 0 aliphatic heterocycles. The summed E-state index contributed by atoms with van der Waals surface area (Å²) in [4.78, 5) is 33.4. The third-order valence-electron chi connectivity index (χ3n) is 2.46. The van der Waals surface area contributed by atoms with Gasteiger partial charge in [-0.2, -0.15) is 0 Å². The number of urea groups is 1. The maximum Gasteiger partial charge on any atom is 0.326 e. The predicted octanol–water partition coefficient (Wildman–Crippen LogP) is 2.05. The van der Waals surface area contributed by atoms with Gasteiger partial charge in [0.15, 0.2) is 0 Å². The highest BCUT2D eigenvalue weighted by Crippen LogP contribution is 2.26. The standard InChI is InChI=1S/C12H13Br2N3O4/c13-6-1-2-8(7(14)5-6)16-12(21)17-9(11(19)20)3-4-10(15)18/h1-2,5,9H,3-4H2,(H2,15,18)(H,19,20)(H2,16,17,21). The summed E-state index contributed by atoms with van der Waals surface area (Å²) in [6.07, 6.45) is -0.196. The Morgan fingerprint density at radius 2 is 1.95 bits per heavy atom. The minimum absolute atomic E-state index is 0.0698. The van der Waals surface area contributed by atoms with Gasteiger partial charge in [0, 0.05) is 15.4 Å². The number of carbonyl (C=O) groups excluding carboxylic acids is 2. The van der Waals surface area contributed by atoms with Crippen LogP contribution in [0.5, 0.6) is 0 Å². The summed E-state index contributed by atoms with van der Waals surface area (Å²) in [5.74, 6) is -1.86. The van der Waals surface area contributed by atoms with E-state index >= 15 is 0 Å². The lowest BCUT2D eigenvalue weighted by Gasteiger charge is -2.15. The largest absolute Gasteiger partial charge is 0.480 e. The molecule has 0 aromatic heterocycles. The van der Waals surface area contributed by atoms with Gasteiger partial charge in [0.2, 0.25) is 5.91 Å². The van der Waals surface area contributed by atoms with Crippen LogP contribution in [0, 0.1) is 0 Å². The number of benzene rings is 1. The molecular weight excluding hydrogens is 410 g/mol. The topological polar surface area (TPSA) is 122 Å². The fourth-order valence-electron chi connectivity index (χ4n) is 1.45. The molecule has 9 heteroatoms. The molecule has 0 radical (unpaired) electrons. The third kappa shape index (κ3) is 6.13. The zero-order valence-corrected chi connectivity index (χ0v) is 13.9. The van der Waals surface area contributed by atoms with Gasteiger partial charge in [-0.05, 0) is 40.5 Å². The van der Waals surface area contributed by atoms with Gasteiger partial charge in [0.25, 0.3) is 0 Å². The highest BCUT2D eigenvalue weighted by molar-refractivity contribution is 9.11. The van der Waals surface area contributed by atoms with Crippen molar-refractivity contribution in [1.82, 2.24) is 5.32 Å². The minimum Gasteiger partial charge on any atom is -0.480 e. The molecule has 7 nitrogen and oxygen atoms in total. The van der Waals surface area contributed by atoms with Crippen molar-refractivity contribution in [2.24, 2.45) is 5.73 Å². The van der Waals surface area contributed by atoms with Crippen LogP contribution in [-0.4, -0.2) is 29.1 Å². The van der Waals surface area contributed by atoms with E-state index in [1.54, 1.807) is 18.2 Å². The molecule has 0 aliphatic carbocycles. The van der Waals surface area contributed by atoms with Crippen molar-refractivity contribution in [2.45, 2.75) is 18.9 Å². The molecule has 0 bridgehead atoms. The quantitative estimate of drug-likeness (QED) is 0.560. The molecule has 1 aromatic rings. The summed E-state index contributed by atoms with van der Waals surface area (Å²) < 4.78 is 1.46. The first-order valence-electron chi connectivity index (χ1n) is 5.83. The number of aliphatic carboxylic acids is 1. The van der Waals surface area contributed by atoms with Crippen molar-refractivity contribution < 1.29 is 19.5 Å². The molecule has 0 aliphatic rings. The van der Waals surface area contributed by atoms with Crippen molar-refractivity contribution in [3.63, 3.8) is 0 Å². The van der Waals surface area contributed by atoms with Gasteiger partial charge in [0.1, 0.15) is 6.04 Å². The van der Waals surface area contributed by atoms with E-state index in [2.05, 4.69) is 42.5 Å². The first-order chi connectivity index (χ1) is 9.79. The van der Waals surface area contributed by atoms with Crippen molar-refractivity contribution in [1.29, 1.82) is 0 Å². The Kier molecular flexibility index (Phi) is 6.63. The first kappa shape index (κ1) is 17.4. The summed E-state index contributed by atoms with van der Waals surface area (Å²) in [7, 11) is 0. The Hall–Kier alpha value is -1.61. The molecular formula is C12H13Br2N3O4. The second-order valence-electron chi connectivity index (χ2n) is 4.12. The smallest absolute Gasteiger partial charge is 0.326 e. The monoisotopic (exact) mass is 421 g/mol. The molecule has 0 saturated heterocycles. The van der Waals surface area contributed by atoms with Gasteiger partial charge in [-0.25, -0.2) is 9.59 Å². The number of halogens is 2. The molecule has 0 spiro atoms. The van der Waals surface area contributed by atoms with Crippen LogP contribution in [0.15, 0.2) is 27.1 Å². The number of nitrogens with two attached hydrogens (primary N) is 1. The van der Waals surface area contributed by atoms with Crippen LogP contribution < -0.4 is 16.4 Å². The minimum atomic E-state index is -1.23. The lowest BCUT2D eigenvalue weighted by atomic mass is 10.1. The second-order valence-corrected chi connectivity index (χ2v) is 5.89. The molecule has 114 valence electrons. The molecule has 1 rings (SSSR count). The maximum atomic E-state index is 11.8. The zero-order chi connectivity index (χ0) is 16.0.